The normalized spacial score (nSPS) is 18.4. The van der Waals surface area contributed by atoms with Crippen LogP contribution in [0.5, 0.6) is 0 Å². The number of nitrogens with zero attached hydrogens (tertiary/aromatic N) is 3. The molecule has 2 heterocycles. The summed E-state index contributed by atoms with van der Waals surface area (Å²) >= 11 is 0. The summed E-state index contributed by atoms with van der Waals surface area (Å²) < 4.78 is 18.5. The van der Waals surface area contributed by atoms with Gasteiger partial charge in [0.05, 0.1) is 5.41 Å². The Morgan fingerprint density at radius 2 is 1.77 bits per heavy atom. The van der Waals surface area contributed by atoms with E-state index in [0.29, 0.717) is 24.1 Å². The zero-order valence-electron chi connectivity index (χ0n) is 16.8. The van der Waals surface area contributed by atoms with Gasteiger partial charge in [0.25, 0.3) is 0 Å². The fourth-order valence-corrected chi connectivity index (χ4v) is 4.45. The van der Waals surface area contributed by atoms with Gasteiger partial charge < -0.3 is 9.42 Å². The number of carbonyl (C=O) groups excluding carboxylic acids is 1. The maximum atomic E-state index is 13.2. The van der Waals surface area contributed by atoms with Crippen molar-refractivity contribution in [2.45, 2.75) is 37.5 Å². The van der Waals surface area contributed by atoms with Crippen molar-refractivity contribution < 1.29 is 13.7 Å². The van der Waals surface area contributed by atoms with Crippen molar-refractivity contribution >= 4 is 5.91 Å². The highest BCUT2D eigenvalue weighted by atomic mass is 19.1. The van der Waals surface area contributed by atoms with E-state index in [2.05, 4.69) is 22.3 Å². The molecule has 1 saturated heterocycles. The minimum absolute atomic E-state index is 0.281. The van der Waals surface area contributed by atoms with Crippen LogP contribution in [0.1, 0.15) is 37.1 Å². The average molecular weight is 405 g/mol. The lowest BCUT2D eigenvalue weighted by molar-refractivity contribution is -0.135. The van der Waals surface area contributed by atoms with E-state index < -0.39 is 0 Å². The summed E-state index contributed by atoms with van der Waals surface area (Å²) in [6.07, 6.45) is 4.48. The third-order valence-electron chi connectivity index (χ3n) is 6.42. The Balaban J connectivity index is 1.18. The molecule has 1 amide bonds. The quantitative estimate of drug-likeness (QED) is 0.632. The van der Waals surface area contributed by atoms with Crippen LogP contribution in [0.25, 0.3) is 11.4 Å². The van der Waals surface area contributed by atoms with Crippen molar-refractivity contribution in [3.63, 3.8) is 0 Å². The molecule has 1 aromatic heterocycles. The Morgan fingerprint density at radius 1 is 1.07 bits per heavy atom. The van der Waals surface area contributed by atoms with Crippen LogP contribution in [-0.2, 0) is 16.6 Å². The highest BCUT2D eigenvalue weighted by Crippen LogP contribution is 2.50. The molecule has 154 valence electrons. The van der Waals surface area contributed by atoms with Crippen LogP contribution >= 0.6 is 0 Å². The maximum absolute atomic E-state index is 13.2. The van der Waals surface area contributed by atoms with Crippen molar-refractivity contribution in [2.75, 3.05) is 13.1 Å². The van der Waals surface area contributed by atoms with E-state index in [1.807, 2.05) is 23.1 Å². The van der Waals surface area contributed by atoms with E-state index in [0.717, 1.165) is 49.9 Å². The zero-order valence-corrected chi connectivity index (χ0v) is 16.8. The minimum atomic E-state index is -0.288. The molecule has 30 heavy (non-hydrogen) atoms. The van der Waals surface area contributed by atoms with E-state index in [1.54, 1.807) is 12.1 Å². The number of aromatic nitrogens is 2. The number of rotatable bonds is 5. The second-order valence-electron chi connectivity index (χ2n) is 8.41. The highest BCUT2D eigenvalue weighted by molar-refractivity contribution is 5.91. The van der Waals surface area contributed by atoms with Crippen molar-refractivity contribution in [1.29, 1.82) is 0 Å². The summed E-state index contributed by atoms with van der Waals surface area (Å²) in [6, 6.07) is 16.2. The molecule has 0 bridgehead atoms. The fourth-order valence-electron chi connectivity index (χ4n) is 4.45. The largest absolute Gasteiger partial charge is 0.342 e. The van der Waals surface area contributed by atoms with Crippen molar-refractivity contribution in [1.82, 2.24) is 15.0 Å². The first-order chi connectivity index (χ1) is 14.6. The predicted octanol–water partition coefficient (Wildman–Crippen LogP) is 4.39. The number of likely N-dealkylation sites (tertiary alicyclic amines) is 1. The van der Waals surface area contributed by atoms with E-state index in [4.69, 9.17) is 4.52 Å². The summed E-state index contributed by atoms with van der Waals surface area (Å²) in [5.41, 5.74) is 1.60. The Hall–Kier alpha value is -3.02. The van der Waals surface area contributed by atoms with E-state index >= 15 is 0 Å². The first kappa shape index (κ1) is 19.0. The van der Waals surface area contributed by atoms with Crippen molar-refractivity contribution in [3.8, 4) is 11.4 Å². The van der Waals surface area contributed by atoms with Gasteiger partial charge >= 0.3 is 0 Å². The van der Waals surface area contributed by atoms with Crippen LogP contribution in [-0.4, -0.2) is 34.0 Å². The molecule has 5 rings (SSSR count). The third kappa shape index (κ3) is 3.62. The second kappa shape index (κ2) is 7.67. The molecule has 0 unspecified atom stereocenters. The van der Waals surface area contributed by atoms with Crippen molar-refractivity contribution in [3.05, 3.63) is 71.9 Å². The van der Waals surface area contributed by atoms with Crippen molar-refractivity contribution in [2.24, 2.45) is 5.92 Å². The lowest BCUT2D eigenvalue weighted by Crippen LogP contribution is -2.44. The summed E-state index contributed by atoms with van der Waals surface area (Å²) in [7, 11) is 0. The van der Waals surface area contributed by atoms with Crippen LogP contribution in [0.4, 0.5) is 4.39 Å². The molecule has 0 radical (unpaired) electrons. The molecule has 0 spiro atoms. The zero-order chi connectivity index (χ0) is 20.6. The fraction of sp³-hybridized carbons (Fsp3) is 0.375. The van der Waals surface area contributed by atoms with Crippen LogP contribution in [0.2, 0.25) is 0 Å². The summed E-state index contributed by atoms with van der Waals surface area (Å²) in [6.45, 7) is 1.55. The number of amides is 1. The van der Waals surface area contributed by atoms with Gasteiger partial charge in [-0.2, -0.15) is 4.98 Å². The van der Waals surface area contributed by atoms with Gasteiger partial charge in [0.15, 0.2) is 0 Å². The Bertz CT molecular complexity index is 1020. The molecule has 3 aromatic rings. The predicted molar refractivity (Wildman–Crippen MR) is 110 cm³/mol. The van der Waals surface area contributed by atoms with Gasteiger partial charge in [-0.05, 0) is 61.4 Å². The molecule has 2 fully saturated rings. The van der Waals surface area contributed by atoms with E-state index in [9.17, 15) is 9.18 Å². The van der Waals surface area contributed by atoms with Gasteiger partial charge in [-0.25, -0.2) is 4.39 Å². The van der Waals surface area contributed by atoms with Gasteiger partial charge in [0, 0.05) is 25.1 Å². The number of hydrogen-bond donors (Lipinski definition) is 0. The lowest BCUT2D eigenvalue weighted by atomic mass is 9.90. The third-order valence-corrected chi connectivity index (χ3v) is 6.42. The van der Waals surface area contributed by atoms with E-state index in [1.165, 1.54) is 12.1 Å². The lowest BCUT2D eigenvalue weighted by Gasteiger charge is -2.34. The molecule has 6 heteroatoms. The van der Waals surface area contributed by atoms with E-state index in [-0.39, 0.29) is 17.1 Å². The monoisotopic (exact) mass is 405 g/mol. The Kier molecular flexibility index (Phi) is 4.85. The minimum Gasteiger partial charge on any atom is -0.342 e. The Labute approximate surface area is 174 Å². The number of benzene rings is 2. The van der Waals surface area contributed by atoms with Crippen LogP contribution in [0.3, 0.4) is 0 Å². The first-order valence-corrected chi connectivity index (χ1v) is 10.6. The molecular weight excluding hydrogens is 381 g/mol. The molecule has 1 aliphatic carbocycles. The summed E-state index contributed by atoms with van der Waals surface area (Å²) in [5.74, 6) is 1.49. The number of piperidine rings is 1. The Morgan fingerprint density at radius 3 is 2.43 bits per heavy atom. The SMILES string of the molecule is O=C(N1CCC(Cc2nc(-c3ccc(F)cc3)no2)CC1)C1(c2ccccc2)CC1. The molecule has 0 atom stereocenters. The smallest absolute Gasteiger partial charge is 0.233 e. The highest BCUT2D eigenvalue weighted by Gasteiger charge is 2.53. The summed E-state index contributed by atoms with van der Waals surface area (Å²) in [4.78, 5) is 19.7. The van der Waals surface area contributed by atoms with Crippen LogP contribution in [0, 0.1) is 11.7 Å². The average Bonchev–Trinajstić information content (AvgIpc) is 3.48. The van der Waals surface area contributed by atoms with Gasteiger partial charge in [-0.3, -0.25) is 4.79 Å². The van der Waals surface area contributed by atoms with Crippen LogP contribution in [0.15, 0.2) is 59.1 Å². The van der Waals surface area contributed by atoms with Crippen LogP contribution < -0.4 is 0 Å². The molecule has 2 aliphatic rings. The standard InChI is InChI=1S/C24H24FN3O2/c25-20-8-6-18(7-9-20)22-26-21(30-27-22)16-17-10-14-28(15-11-17)23(29)24(12-13-24)19-4-2-1-3-5-19/h1-9,17H,10-16H2. The molecule has 1 saturated carbocycles. The first-order valence-electron chi connectivity index (χ1n) is 10.6. The molecule has 5 nitrogen and oxygen atoms in total. The second-order valence-corrected chi connectivity index (χ2v) is 8.41. The topological polar surface area (TPSA) is 59.2 Å². The van der Waals surface area contributed by atoms with Gasteiger partial charge in [-0.15, -0.1) is 0 Å². The van der Waals surface area contributed by atoms with Gasteiger partial charge in [-0.1, -0.05) is 35.5 Å². The summed E-state index contributed by atoms with van der Waals surface area (Å²) in [5, 5.41) is 4.03. The molecular formula is C24H24FN3O2. The van der Waals surface area contributed by atoms with Gasteiger partial charge in [0.2, 0.25) is 17.6 Å². The molecule has 2 aromatic carbocycles. The number of carbonyl (C=O) groups is 1. The number of halogens is 1. The maximum Gasteiger partial charge on any atom is 0.233 e. The molecule has 1 aliphatic heterocycles. The number of hydrogen-bond acceptors (Lipinski definition) is 4. The van der Waals surface area contributed by atoms with Gasteiger partial charge in [0.1, 0.15) is 5.82 Å². The molecule has 0 N–H and O–H groups in total.